The smallest absolute Gasteiger partial charge is 0.266 e. The lowest BCUT2D eigenvalue weighted by Crippen LogP contribution is -2.13. The molecule has 0 spiro atoms. The molecule has 3 rings (SSSR count). The number of nitriles is 1. The van der Waals surface area contributed by atoms with Crippen LogP contribution in [0, 0.1) is 11.3 Å². The van der Waals surface area contributed by atoms with Gasteiger partial charge in [0, 0.05) is 15.7 Å². The van der Waals surface area contributed by atoms with Gasteiger partial charge in [-0.25, -0.2) is 0 Å². The zero-order valence-corrected chi connectivity index (χ0v) is 18.6. The van der Waals surface area contributed by atoms with Gasteiger partial charge in [0.2, 0.25) is 0 Å². The van der Waals surface area contributed by atoms with Crippen LogP contribution < -0.4 is 14.8 Å². The molecule has 0 aliphatic rings. The maximum atomic E-state index is 12.6. The van der Waals surface area contributed by atoms with E-state index in [1.165, 1.54) is 6.08 Å². The number of hydrogen-bond donors (Lipinski definition) is 1. The molecule has 0 heterocycles. The largest absolute Gasteiger partial charge is 0.494 e. The highest BCUT2D eigenvalue weighted by molar-refractivity contribution is 9.10. The summed E-state index contributed by atoms with van der Waals surface area (Å²) in [5.41, 5.74) is 2.19. The van der Waals surface area contributed by atoms with Crippen molar-refractivity contribution in [2.75, 3.05) is 11.9 Å². The first-order valence-corrected chi connectivity index (χ1v) is 10.5. The van der Waals surface area contributed by atoms with E-state index in [9.17, 15) is 10.1 Å². The molecule has 3 aromatic carbocycles. The minimum absolute atomic E-state index is 0.0310. The molecule has 5 nitrogen and oxygen atoms in total. The number of ether oxygens (including phenoxy) is 2. The van der Waals surface area contributed by atoms with Crippen LogP contribution in [0.4, 0.5) is 5.69 Å². The van der Waals surface area contributed by atoms with Gasteiger partial charge in [0.1, 0.15) is 29.7 Å². The lowest BCUT2D eigenvalue weighted by molar-refractivity contribution is -0.112. The van der Waals surface area contributed by atoms with E-state index < -0.39 is 5.91 Å². The Morgan fingerprint density at radius 1 is 1.06 bits per heavy atom. The van der Waals surface area contributed by atoms with Crippen LogP contribution in [0.25, 0.3) is 6.08 Å². The van der Waals surface area contributed by atoms with Gasteiger partial charge in [0.05, 0.1) is 6.61 Å². The third-order valence-corrected chi connectivity index (χ3v) is 4.79. The summed E-state index contributed by atoms with van der Waals surface area (Å²) >= 11 is 3.43. The molecule has 0 aliphatic heterocycles. The Kier molecular flexibility index (Phi) is 7.85. The predicted octanol–water partition coefficient (Wildman–Crippen LogP) is 5.97. The maximum Gasteiger partial charge on any atom is 0.266 e. The van der Waals surface area contributed by atoms with Gasteiger partial charge >= 0.3 is 0 Å². The summed E-state index contributed by atoms with van der Waals surface area (Å²) in [7, 11) is 0. The van der Waals surface area contributed by atoms with Crippen molar-refractivity contribution in [1.29, 1.82) is 5.26 Å². The molecule has 0 atom stereocenters. The number of anilines is 1. The van der Waals surface area contributed by atoms with E-state index in [2.05, 4.69) is 21.2 Å². The number of benzene rings is 3. The van der Waals surface area contributed by atoms with Gasteiger partial charge in [-0.1, -0.05) is 46.3 Å². The lowest BCUT2D eigenvalue weighted by Gasteiger charge is -2.11. The second kappa shape index (κ2) is 11.0. The highest BCUT2D eigenvalue weighted by Crippen LogP contribution is 2.27. The topological polar surface area (TPSA) is 71.3 Å². The number of rotatable bonds is 8. The molecule has 0 fully saturated rings. The van der Waals surface area contributed by atoms with E-state index in [0.717, 1.165) is 10.0 Å². The van der Waals surface area contributed by atoms with Crippen LogP contribution in [0.5, 0.6) is 11.5 Å². The van der Waals surface area contributed by atoms with Gasteiger partial charge in [-0.2, -0.15) is 5.26 Å². The zero-order chi connectivity index (χ0) is 22.1. The number of carbonyl (C=O) groups excluding carboxylic acids is 1. The number of hydrogen-bond acceptors (Lipinski definition) is 4. The van der Waals surface area contributed by atoms with Crippen LogP contribution in [0.2, 0.25) is 0 Å². The second-order valence-electron chi connectivity index (χ2n) is 6.54. The fourth-order valence-corrected chi connectivity index (χ4v) is 3.18. The molecule has 0 aliphatic carbocycles. The summed E-state index contributed by atoms with van der Waals surface area (Å²) in [5.74, 6) is 0.792. The molecule has 0 saturated carbocycles. The third-order valence-electron chi connectivity index (χ3n) is 4.30. The van der Waals surface area contributed by atoms with E-state index in [0.29, 0.717) is 36.0 Å². The molecular weight excluding hydrogens is 456 g/mol. The molecule has 0 unspecified atom stereocenters. The number of nitrogens with zero attached hydrogens (tertiary/aromatic N) is 1. The summed E-state index contributed by atoms with van der Waals surface area (Å²) in [4.78, 5) is 12.6. The first-order chi connectivity index (χ1) is 15.1. The van der Waals surface area contributed by atoms with Crippen molar-refractivity contribution in [2.24, 2.45) is 0 Å². The summed E-state index contributed by atoms with van der Waals surface area (Å²) in [6.07, 6.45) is 1.52. The zero-order valence-electron chi connectivity index (χ0n) is 17.0. The van der Waals surface area contributed by atoms with Gasteiger partial charge in [0.25, 0.3) is 5.91 Å². The first kappa shape index (κ1) is 22.1. The fraction of sp³-hybridized carbons (Fsp3) is 0.120. The van der Waals surface area contributed by atoms with Gasteiger partial charge < -0.3 is 14.8 Å². The maximum absolute atomic E-state index is 12.6. The summed E-state index contributed by atoms with van der Waals surface area (Å²) in [6, 6.07) is 24.2. The van der Waals surface area contributed by atoms with Crippen LogP contribution in [0.15, 0.2) is 82.8 Å². The van der Waals surface area contributed by atoms with E-state index in [1.54, 1.807) is 30.3 Å². The highest BCUT2D eigenvalue weighted by Gasteiger charge is 2.12. The molecule has 156 valence electrons. The van der Waals surface area contributed by atoms with Crippen LogP contribution in [-0.4, -0.2) is 12.5 Å². The molecular formula is C25H21BrN2O3. The number of carbonyl (C=O) groups is 1. The molecule has 0 radical (unpaired) electrons. The van der Waals surface area contributed by atoms with Crippen LogP contribution in [0.1, 0.15) is 18.1 Å². The monoisotopic (exact) mass is 476 g/mol. The van der Waals surface area contributed by atoms with Gasteiger partial charge in [0.15, 0.2) is 0 Å². The van der Waals surface area contributed by atoms with Gasteiger partial charge in [-0.15, -0.1) is 0 Å². The Hall–Kier alpha value is -3.56. The summed E-state index contributed by atoms with van der Waals surface area (Å²) < 4.78 is 12.2. The van der Waals surface area contributed by atoms with Crippen molar-refractivity contribution in [3.63, 3.8) is 0 Å². The van der Waals surface area contributed by atoms with Crippen LogP contribution in [-0.2, 0) is 11.4 Å². The van der Waals surface area contributed by atoms with Crippen molar-refractivity contribution < 1.29 is 14.3 Å². The second-order valence-corrected chi connectivity index (χ2v) is 7.45. The lowest BCUT2D eigenvalue weighted by atomic mass is 10.1. The highest BCUT2D eigenvalue weighted by atomic mass is 79.9. The number of halogens is 1. The number of amides is 1. The van der Waals surface area contributed by atoms with Crippen molar-refractivity contribution in [3.8, 4) is 17.6 Å². The van der Waals surface area contributed by atoms with Crippen molar-refractivity contribution in [2.45, 2.75) is 13.5 Å². The Bertz CT molecular complexity index is 1100. The minimum Gasteiger partial charge on any atom is -0.494 e. The van der Waals surface area contributed by atoms with Crippen LogP contribution >= 0.6 is 15.9 Å². The van der Waals surface area contributed by atoms with E-state index in [1.807, 2.05) is 55.5 Å². The third kappa shape index (κ3) is 6.46. The normalized spacial score (nSPS) is 10.8. The van der Waals surface area contributed by atoms with Gasteiger partial charge in [-0.05, 0) is 61.0 Å². The van der Waals surface area contributed by atoms with Crippen molar-refractivity contribution in [1.82, 2.24) is 0 Å². The van der Waals surface area contributed by atoms with Crippen molar-refractivity contribution in [3.05, 3.63) is 94.0 Å². The Morgan fingerprint density at radius 3 is 2.48 bits per heavy atom. The molecule has 1 N–H and O–H groups in total. The van der Waals surface area contributed by atoms with E-state index >= 15 is 0 Å². The Labute approximate surface area is 190 Å². The molecule has 0 saturated heterocycles. The van der Waals surface area contributed by atoms with Crippen LogP contribution in [0.3, 0.4) is 0 Å². The molecule has 3 aromatic rings. The Balaban J connectivity index is 1.78. The average molecular weight is 477 g/mol. The molecule has 31 heavy (non-hydrogen) atoms. The van der Waals surface area contributed by atoms with E-state index in [-0.39, 0.29) is 5.57 Å². The summed E-state index contributed by atoms with van der Waals surface area (Å²) in [5, 5.41) is 12.3. The number of nitrogens with one attached hydrogen (secondary N) is 1. The standard InChI is InChI=1S/C25H21BrN2O3/c1-2-30-23-11-9-22(10-12-23)28-25(29)20(16-27)14-19-15-21(26)8-13-24(19)31-17-18-6-4-3-5-7-18/h3-15H,2,17H2,1H3,(H,28,29)/b20-14+. The SMILES string of the molecule is CCOc1ccc(NC(=O)/C(C#N)=C/c2cc(Br)ccc2OCc2ccccc2)cc1. The molecule has 1 amide bonds. The fourth-order valence-electron chi connectivity index (χ4n) is 2.80. The molecule has 0 aromatic heterocycles. The Morgan fingerprint density at radius 2 is 1.81 bits per heavy atom. The summed E-state index contributed by atoms with van der Waals surface area (Å²) in [6.45, 7) is 2.84. The minimum atomic E-state index is -0.499. The quantitative estimate of drug-likeness (QED) is 0.321. The first-order valence-electron chi connectivity index (χ1n) is 9.71. The molecule has 0 bridgehead atoms. The molecule has 6 heteroatoms. The average Bonchev–Trinajstić information content (AvgIpc) is 2.79. The predicted molar refractivity (Wildman–Crippen MR) is 125 cm³/mol. The van der Waals surface area contributed by atoms with Gasteiger partial charge in [-0.3, -0.25) is 4.79 Å². The van der Waals surface area contributed by atoms with E-state index in [4.69, 9.17) is 9.47 Å². The van der Waals surface area contributed by atoms with Crippen molar-refractivity contribution >= 4 is 33.6 Å².